The number of hydrogen-bond acceptors (Lipinski definition) is 7. The molecule has 0 N–H and O–H groups in total. The van der Waals surface area contributed by atoms with E-state index in [0.717, 1.165) is 17.6 Å². The van der Waals surface area contributed by atoms with Gasteiger partial charge in [0.1, 0.15) is 5.75 Å². The second kappa shape index (κ2) is 13.1. The number of isothiocyanates is 3. The molecule has 0 spiro atoms. The summed E-state index contributed by atoms with van der Waals surface area (Å²) in [6.45, 7) is 5.18. The average molecular weight is 476 g/mol. The standard InChI is InChI=1S/C22H29N3OS3Si/c1-18(2)14-19-4-6-20(7-5-19)21-8-10-22(11-9-21)26-12-3-13-30(23-15-27,24-16-28)25-17-29/h8-11,18-20H,3-7,12-14H2,1-2H3/t19-,20-. The van der Waals surface area contributed by atoms with Crippen LogP contribution in [-0.4, -0.2) is 30.6 Å². The van der Waals surface area contributed by atoms with Crippen molar-refractivity contribution in [1.29, 1.82) is 0 Å². The van der Waals surface area contributed by atoms with Gasteiger partial charge in [0.05, 0.1) is 22.1 Å². The van der Waals surface area contributed by atoms with Crippen molar-refractivity contribution >= 4 is 60.7 Å². The van der Waals surface area contributed by atoms with Gasteiger partial charge in [-0.1, -0.05) is 26.0 Å². The third-order valence-corrected chi connectivity index (χ3v) is 8.80. The van der Waals surface area contributed by atoms with E-state index in [-0.39, 0.29) is 0 Å². The van der Waals surface area contributed by atoms with Crippen LogP contribution in [0.3, 0.4) is 0 Å². The van der Waals surface area contributed by atoms with Crippen molar-refractivity contribution < 1.29 is 4.74 Å². The summed E-state index contributed by atoms with van der Waals surface area (Å²) in [5, 5.41) is 7.07. The van der Waals surface area contributed by atoms with Gasteiger partial charge >= 0.3 is 8.56 Å². The molecule has 2 rings (SSSR count). The molecule has 0 heterocycles. The van der Waals surface area contributed by atoms with Crippen LogP contribution in [0.5, 0.6) is 5.75 Å². The predicted molar refractivity (Wildman–Crippen MR) is 136 cm³/mol. The van der Waals surface area contributed by atoms with E-state index < -0.39 is 8.56 Å². The highest BCUT2D eigenvalue weighted by Gasteiger charge is 2.34. The molecule has 0 bridgehead atoms. The molecule has 0 unspecified atom stereocenters. The van der Waals surface area contributed by atoms with E-state index in [9.17, 15) is 0 Å². The average Bonchev–Trinajstić information content (AvgIpc) is 2.73. The van der Waals surface area contributed by atoms with Gasteiger partial charge in [0, 0.05) is 6.04 Å². The first-order valence-corrected chi connectivity index (χ1v) is 13.8. The molecular formula is C22H29N3OS3Si. The molecule has 0 aromatic heterocycles. The fourth-order valence-electron chi connectivity index (χ4n) is 4.20. The SMILES string of the molecule is CC(C)C[C@H]1CC[C@H](c2ccc(OCCC[Si](N=C=S)(N=C=S)N=C=S)cc2)CC1. The molecule has 0 radical (unpaired) electrons. The third-order valence-electron chi connectivity index (χ3n) is 5.60. The number of benzene rings is 1. The number of hydrogen-bond donors (Lipinski definition) is 0. The fraction of sp³-hybridized carbons (Fsp3) is 0.591. The predicted octanol–water partition coefficient (Wildman–Crippen LogP) is 7.02. The first kappa shape index (κ1) is 24.9. The first-order valence-electron chi connectivity index (χ1n) is 10.5. The highest BCUT2D eigenvalue weighted by atomic mass is 32.1. The quantitative estimate of drug-likeness (QED) is 0.149. The van der Waals surface area contributed by atoms with E-state index in [4.69, 9.17) is 41.4 Å². The zero-order valence-electron chi connectivity index (χ0n) is 17.7. The molecule has 0 amide bonds. The molecular weight excluding hydrogens is 447 g/mol. The zero-order valence-corrected chi connectivity index (χ0v) is 21.1. The van der Waals surface area contributed by atoms with Crippen LogP contribution in [0.4, 0.5) is 0 Å². The second-order valence-corrected chi connectivity index (χ2v) is 11.5. The molecule has 0 saturated heterocycles. The number of thiocarbonyl (C=S) groups is 3. The van der Waals surface area contributed by atoms with Crippen LogP contribution >= 0.6 is 36.7 Å². The normalized spacial score (nSPS) is 20.2. The maximum absolute atomic E-state index is 5.90. The van der Waals surface area contributed by atoms with Gasteiger partial charge < -0.3 is 4.74 Å². The maximum Gasteiger partial charge on any atom is 0.461 e. The van der Waals surface area contributed by atoms with Crippen molar-refractivity contribution in [3.05, 3.63) is 29.8 Å². The number of nitrogens with zero attached hydrogens (tertiary/aromatic N) is 3. The van der Waals surface area contributed by atoms with Gasteiger partial charge in [0.15, 0.2) is 0 Å². The van der Waals surface area contributed by atoms with Crippen molar-refractivity contribution in [1.82, 2.24) is 0 Å². The summed E-state index contributed by atoms with van der Waals surface area (Å²) in [6, 6.07) is 9.14. The Morgan fingerprint density at radius 1 is 0.967 bits per heavy atom. The Morgan fingerprint density at radius 2 is 1.53 bits per heavy atom. The van der Waals surface area contributed by atoms with Gasteiger partial charge in [-0.2, -0.15) is 0 Å². The third kappa shape index (κ3) is 8.05. The minimum atomic E-state index is -2.83. The maximum atomic E-state index is 5.90. The van der Waals surface area contributed by atoms with Gasteiger partial charge in [0.25, 0.3) is 0 Å². The van der Waals surface area contributed by atoms with Gasteiger partial charge in [0.2, 0.25) is 0 Å². The first-order chi connectivity index (χ1) is 14.5. The molecule has 0 atom stereocenters. The van der Waals surface area contributed by atoms with E-state index in [1.807, 2.05) is 0 Å². The Bertz CT molecular complexity index is 773. The fourth-order valence-corrected chi connectivity index (χ4v) is 7.05. The summed E-state index contributed by atoms with van der Waals surface area (Å²) < 4.78 is 18.3. The summed E-state index contributed by atoms with van der Waals surface area (Å²) >= 11 is 14.2. The van der Waals surface area contributed by atoms with Crippen LogP contribution in [0.1, 0.15) is 63.9 Å². The van der Waals surface area contributed by atoms with E-state index in [1.54, 1.807) is 0 Å². The number of rotatable bonds is 11. The summed E-state index contributed by atoms with van der Waals surface area (Å²) in [6.07, 6.45) is 7.37. The van der Waals surface area contributed by atoms with Crippen LogP contribution < -0.4 is 4.74 Å². The van der Waals surface area contributed by atoms with Gasteiger partial charge in [-0.3, -0.25) is 0 Å². The minimum absolute atomic E-state index is 0.529. The Morgan fingerprint density at radius 3 is 2.03 bits per heavy atom. The molecule has 8 heteroatoms. The summed E-state index contributed by atoms with van der Waals surface area (Å²) in [4.78, 5) is 0. The largest absolute Gasteiger partial charge is 0.494 e. The van der Waals surface area contributed by atoms with E-state index >= 15 is 0 Å². The zero-order chi connectivity index (χ0) is 21.8. The molecule has 1 aliphatic carbocycles. The minimum Gasteiger partial charge on any atom is -0.494 e. The van der Waals surface area contributed by atoms with Gasteiger partial charge in [-0.15, -0.1) is 0 Å². The summed E-state index contributed by atoms with van der Waals surface area (Å²) in [7, 11) is -2.83. The smallest absolute Gasteiger partial charge is 0.461 e. The monoisotopic (exact) mass is 475 g/mol. The van der Waals surface area contributed by atoms with E-state index in [0.29, 0.717) is 25.0 Å². The Kier molecular flexibility index (Phi) is 10.9. The van der Waals surface area contributed by atoms with Crippen LogP contribution in [0.2, 0.25) is 6.04 Å². The molecule has 1 aromatic carbocycles. The van der Waals surface area contributed by atoms with Gasteiger partial charge in [-0.25, -0.2) is 14.0 Å². The van der Waals surface area contributed by atoms with Crippen LogP contribution in [0, 0.1) is 11.8 Å². The molecule has 1 aromatic rings. The summed E-state index contributed by atoms with van der Waals surface area (Å²) in [5.41, 5.74) is 1.43. The van der Waals surface area contributed by atoms with Crippen molar-refractivity contribution in [3.63, 3.8) is 0 Å². The van der Waals surface area contributed by atoms with Gasteiger partial charge in [-0.05, 0) is 111 Å². The van der Waals surface area contributed by atoms with Crippen LogP contribution in [0.25, 0.3) is 0 Å². The molecule has 0 aliphatic heterocycles. The molecule has 4 nitrogen and oxygen atoms in total. The molecule has 1 fully saturated rings. The van der Waals surface area contributed by atoms with Crippen LogP contribution in [0.15, 0.2) is 38.2 Å². The van der Waals surface area contributed by atoms with Crippen molar-refractivity contribution in [2.24, 2.45) is 25.8 Å². The molecule has 30 heavy (non-hydrogen) atoms. The molecule has 160 valence electrons. The molecule has 1 aliphatic rings. The Balaban J connectivity index is 1.83. The van der Waals surface area contributed by atoms with Crippen LogP contribution in [-0.2, 0) is 0 Å². The molecule has 1 saturated carbocycles. The van der Waals surface area contributed by atoms with E-state index in [1.165, 1.54) is 37.7 Å². The lowest BCUT2D eigenvalue weighted by Crippen LogP contribution is -2.28. The van der Waals surface area contributed by atoms with Crippen molar-refractivity contribution in [2.75, 3.05) is 6.61 Å². The topological polar surface area (TPSA) is 46.3 Å². The lowest BCUT2D eigenvalue weighted by atomic mass is 9.76. The van der Waals surface area contributed by atoms with E-state index in [2.05, 4.69) is 67.6 Å². The highest BCUT2D eigenvalue weighted by molar-refractivity contribution is 7.78. The highest BCUT2D eigenvalue weighted by Crippen LogP contribution is 2.38. The van der Waals surface area contributed by atoms with Crippen molar-refractivity contribution in [2.45, 2.75) is 64.3 Å². The lowest BCUT2D eigenvalue weighted by Gasteiger charge is -2.29. The Labute approximate surface area is 197 Å². The van der Waals surface area contributed by atoms with Crippen molar-refractivity contribution in [3.8, 4) is 5.75 Å². The number of ether oxygens (including phenoxy) is 1. The Hall–Kier alpha value is -1.36. The summed E-state index contributed by atoms with van der Waals surface area (Å²) in [5.74, 6) is 3.27. The lowest BCUT2D eigenvalue weighted by molar-refractivity contribution is 0.282. The second-order valence-electron chi connectivity index (χ2n) is 8.25.